The number of para-hydroxylation sites is 1. The summed E-state index contributed by atoms with van der Waals surface area (Å²) in [5.74, 6) is 0.636. The molecule has 7 aromatic rings. The largest absolute Gasteiger partial charge is 0.298 e. The zero-order valence-corrected chi connectivity index (χ0v) is 24.3. The first kappa shape index (κ1) is 26.4. The predicted molar refractivity (Wildman–Crippen MR) is 187 cm³/mol. The van der Waals surface area contributed by atoms with Crippen molar-refractivity contribution >= 4 is 44.7 Å². The maximum Gasteiger partial charge on any atom is 0.160 e. The summed E-state index contributed by atoms with van der Waals surface area (Å²) in [5.41, 5.74) is 11.4. The van der Waals surface area contributed by atoms with Gasteiger partial charge in [-0.3, -0.25) is 10.8 Å². The van der Waals surface area contributed by atoms with Gasteiger partial charge in [0.05, 0.1) is 22.8 Å². The summed E-state index contributed by atoms with van der Waals surface area (Å²) in [6, 6.07) is 47.3. The number of aromatic nitrogens is 2. The highest BCUT2D eigenvalue weighted by molar-refractivity contribution is 6.55. The monoisotopic (exact) mass is 577 g/mol. The van der Waals surface area contributed by atoms with E-state index >= 15 is 0 Å². The maximum absolute atomic E-state index is 9.16. The van der Waals surface area contributed by atoms with Crippen molar-refractivity contribution in [3.05, 3.63) is 157 Å². The summed E-state index contributed by atoms with van der Waals surface area (Å²) in [6.45, 7) is 0. The Hall–Kier alpha value is -6.20. The van der Waals surface area contributed by atoms with Crippen molar-refractivity contribution in [3.63, 3.8) is 0 Å². The fraction of sp³-hybridized carbons (Fsp3) is 0. The lowest BCUT2D eigenvalue weighted by atomic mass is 9.88. The maximum atomic E-state index is 9.16. The summed E-state index contributed by atoms with van der Waals surface area (Å²) < 4.78 is 0. The fourth-order valence-electron chi connectivity index (χ4n) is 5.83. The van der Waals surface area contributed by atoms with Crippen LogP contribution in [-0.4, -0.2) is 21.4 Å². The highest BCUT2D eigenvalue weighted by atomic mass is 15.3. The van der Waals surface area contributed by atoms with Crippen LogP contribution in [0.25, 0.3) is 61.5 Å². The lowest BCUT2D eigenvalue weighted by molar-refractivity contribution is 1.18. The van der Waals surface area contributed by atoms with E-state index in [0.29, 0.717) is 17.2 Å². The highest BCUT2D eigenvalue weighted by Gasteiger charge is 2.20. The molecular formula is C40H27N5. The minimum absolute atomic E-state index is 0.370. The summed E-state index contributed by atoms with van der Waals surface area (Å²) >= 11 is 0. The molecule has 5 nitrogen and oxygen atoms in total. The van der Waals surface area contributed by atoms with Crippen molar-refractivity contribution in [2.24, 2.45) is 5.10 Å². The van der Waals surface area contributed by atoms with E-state index in [9.17, 15) is 0 Å². The molecule has 0 amide bonds. The van der Waals surface area contributed by atoms with Crippen LogP contribution in [0, 0.1) is 5.41 Å². The third-order valence-corrected chi connectivity index (χ3v) is 8.16. The SMILES string of the molecule is N=C1/C(=N\Nc2ccccc2)C=Cc2ccc3ccc(-c4nc(-c5ccccc5)cc(-c5ccc6ccccc6c5)n4)cc3c21. The Kier molecular flexibility index (Phi) is 6.54. The quantitative estimate of drug-likeness (QED) is 0.200. The van der Waals surface area contributed by atoms with Crippen LogP contribution in [0.15, 0.2) is 151 Å². The molecule has 1 aromatic heterocycles. The standard InChI is InChI=1S/C40H27N5/c41-39-35(45-44-33-13-5-2-6-14-33)22-21-29-18-16-27-17-20-32(24-34(27)38(29)39)40-42-36(28-10-3-1-4-11-28)25-37(43-40)31-19-15-26-9-7-8-12-30(26)23-31/h1-25,41,44H/b41-39?,45-35-. The fourth-order valence-corrected chi connectivity index (χ4v) is 5.83. The molecular weight excluding hydrogens is 550 g/mol. The van der Waals surface area contributed by atoms with Gasteiger partial charge in [0, 0.05) is 22.3 Å². The topological polar surface area (TPSA) is 74.0 Å². The molecule has 1 aliphatic rings. The lowest BCUT2D eigenvalue weighted by Gasteiger charge is -2.17. The van der Waals surface area contributed by atoms with Crippen LogP contribution in [-0.2, 0) is 0 Å². The van der Waals surface area contributed by atoms with Crippen molar-refractivity contribution in [2.45, 2.75) is 0 Å². The van der Waals surface area contributed by atoms with Crippen LogP contribution in [0.3, 0.4) is 0 Å². The third-order valence-electron chi connectivity index (χ3n) is 8.16. The normalized spacial score (nSPS) is 13.3. The third kappa shape index (κ3) is 5.07. The van der Waals surface area contributed by atoms with Crippen molar-refractivity contribution in [2.75, 3.05) is 5.43 Å². The summed E-state index contributed by atoms with van der Waals surface area (Å²) in [5, 5.41) is 18.1. The molecule has 0 unspecified atom stereocenters. The molecule has 0 saturated heterocycles. The van der Waals surface area contributed by atoms with E-state index in [0.717, 1.165) is 55.7 Å². The molecule has 0 spiro atoms. The molecule has 0 saturated carbocycles. The summed E-state index contributed by atoms with van der Waals surface area (Å²) in [6.07, 6.45) is 3.91. The van der Waals surface area contributed by atoms with Gasteiger partial charge in [-0.1, -0.05) is 115 Å². The zero-order valence-electron chi connectivity index (χ0n) is 24.3. The van der Waals surface area contributed by atoms with E-state index in [4.69, 9.17) is 15.4 Å². The smallest absolute Gasteiger partial charge is 0.160 e. The molecule has 0 atom stereocenters. The summed E-state index contributed by atoms with van der Waals surface area (Å²) in [4.78, 5) is 10.2. The van der Waals surface area contributed by atoms with E-state index in [1.165, 1.54) is 10.8 Å². The van der Waals surface area contributed by atoms with Gasteiger partial charge >= 0.3 is 0 Å². The van der Waals surface area contributed by atoms with Gasteiger partial charge in [0.25, 0.3) is 0 Å². The lowest BCUT2D eigenvalue weighted by Crippen LogP contribution is -2.18. The number of hydrogen-bond donors (Lipinski definition) is 2. The van der Waals surface area contributed by atoms with Crippen LogP contribution in [0.4, 0.5) is 5.69 Å². The first-order chi connectivity index (χ1) is 22.2. The molecule has 1 aliphatic carbocycles. The number of allylic oxidation sites excluding steroid dienone is 1. The first-order valence-corrected chi connectivity index (χ1v) is 14.9. The Morgan fingerprint density at radius 2 is 1.20 bits per heavy atom. The number of anilines is 1. The second kappa shape index (κ2) is 11.1. The average molecular weight is 578 g/mol. The number of fused-ring (bicyclic) bond motifs is 4. The Labute approximate surface area is 260 Å². The molecule has 0 fully saturated rings. The molecule has 2 N–H and O–H groups in total. The van der Waals surface area contributed by atoms with Gasteiger partial charge < -0.3 is 0 Å². The number of hydrogen-bond acceptors (Lipinski definition) is 5. The van der Waals surface area contributed by atoms with E-state index in [1.54, 1.807) is 0 Å². The average Bonchev–Trinajstić information content (AvgIpc) is 3.11. The molecule has 212 valence electrons. The van der Waals surface area contributed by atoms with E-state index < -0.39 is 0 Å². The zero-order chi connectivity index (χ0) is 30.2. The number of nitrogens with one attached hydrogen (secondary N) is 2. The van der Waals surface area contributed by atoms with Gasteiger partial charge in [0.2, 0.25) is 0 Å². The van der Waals surface area contributed by atoms with Crippen molar-refractivity contribution in [1.82, 2.24) is 9.97 Å². The van der Waals surface area contributed by atoms with E-state index in [2.05, 4.69) is 102 Å². The Balaban J connectivity index is 1.25. The highest BCUT2D eigenvalue weighted by Crippen LogP contribution is 2.33. The van der Waals surface area contributed by atoms with Gasteiger partial charge in [0.15, 0.2) is 5.82 Å². The second-order valence-electron chi connectivity index (χ2n) is 11.0. The first-order valence-electron chi connectivity index (χ1n) is 14.9. The molecule has 1 heterocycles. The van der Waals surface area contributed by atoms with Crippen LogP contribution in [0.5, 0.6) is 0 Å². The van der Waals surface area contributed by atoms with Crippen molar-refractivity contribution in [1.29, 1.82) is 5.41 Å². The number of rotatable bonds is 5. The van der Waals surface area contributed by atoms with Crippen LogP contribution in [0.2, 0.25) is 0 Å². The minimum atomic E-state index is 0.370. The van der Waals surface area contributed by atoms with Gasteiger partial charge in [-0.2, -0.15) is 5.10 Å². The molecule has 0 aliphatic heterocycles. The van der Waals surface area contributed by atoms with Gasteiger partial charge in [-0.25, -0.2) is 9.97 Å². The number of hydrazone groups is 1. The van der Waals surface area contributed by atoms with Crippen molar-refractivity contribution in [3.8, 4) is 33.9 Å². The van der Waals surface area contributed by atoms with Crippen molar-refractivity contribution < 1.29 is 0 Å². The minimum Gasteiger partial charge on any atom is -0.298 e. The van der Waals surface area contributed by atoms with Crippen LogP contribution >= 0.6 is 0 Å². The number of benzene rings is 6. The Morgan fingerprint density at radius 3 is 2.02 bits per heavy atom. The molecule has 0 bridgehead atoms. The Bertz CT molecular complexity index is 2300. The molecule has 0 radical (unpaired) electrons. The molecule has 45 heavy (non-hydrogen) atoms. The summed E-state index contributed by atoms with van der Waals surface area (Å²) in [7, 11) is 0. The van der Waals surface area contributed by atoms with E-state index in [-0.39, 0.29) is 0 Å². The molecule has 8 rings (SSSR count). The number of nitrogens with zero attached hydrogens (tertiary/aromatic N) is 3. The van der Waals surface area contributed by atoms with Crippen LogP contribution in [0.1, 0.15) is 11.1 Å². The van der Waals surface area contributed by atoms with E-state index in [1.807, 2.05) is 60.7 Å². The second-order valence-corrected chi connectivity index (χ2v) is 11.0. The van der Waals surface area contributed by atoms with Gasteiger partial charge in [-0.05, 0) is 63.5 Å². The Morgan fingerprint density at radius 1 is 0.533 bits per heavy atom. The molecule has 6 aromatic carbocycles. The molecule has 5 heteroatoms. The van der Waals surface area contributed by atoms with Gasteiger partial charge in [-0.15, -0.1) is 0 Å². The van der Waals surface area contributed by atoms with Crippen LogP contribution < -0.4 is 5.43 Å². The van der Waals surface area contributed by atoms with Gasteiger partial charge in [0.1, 0.15) is 5.71 Å². The predicted octanol–water partition coefficient (Wildman–Crippen LogP) is 9.65.